The third-order valence-corrected chi connectivity index (χ3v) is 7.02. The van der Waals surface area contributed by atoms with Crippen molar-refractivity contribution in [2.45, 2.75) is 26.4 Å². The van der Waals surface area contributed by atoms with Crippen molar-refractivity contribution >= 4 is 91.5 Å². The van der Waals surface area contributed by atoms with E-state index in [2.05, 4.69) is 10.5 Å². The van der Waals surface area contributed by atoms with Crippen LogP contribution >= 0.6 is 22.7 Å². The van der Waals surface area contributed by atoms with Crippen molar-refractivity contribution < 1.29 is 27.9 Å². The van der Waals surface area contributed by atoms with E-state index in [1.807, 2.05) is 6.07 Å². The number of nitriles is 1. The third kappa shape index (κ3) is 6.88. The molecule has 3 rings (SSSR count). The predicted molar refractivity (Wildman–Crippen MR) is 130 cm³/mol. The first-order valence-corrected chi connectivity index (χ1v) is 11.6. The summed E-state index contributed by atoms with van der Waals surface area (Å²) in [5, 5.41) is 25.2. The van der Waals surface area contributed by atoms with Crippen LogP contribution < -0.4 is 5.43 Å². The van der Waals surface area contributed by atoms with Gasteiger partial charge < -0.3 is 5.11 Å². The number of benzene rings is 1. The van der Waals surface area contributed by atoms with Gasteiger partial charge in [0.25, 0.3) is 5.91 Å². The average Bonchev–Trinajstić information content (AvgIpc) is 3.45. The maximum Gasteiger partial charge on any atom is 0.416 e. The Bertz CT molecular complexity index is 1290. The first kappa shape index (κ1) is 29.4. The normalized spacial score (nSPS) is 12.4. The van der Waals surface area contributed by atoms with Gasteiger partial charge in [0.2, 0.25) is 0 Å². The van der Waals surface area contributed by atoms with Crippen LogP contribution in [-0.2, 0) is 6.18 Å². The van der Waals surface area contributed by atoms with E-state index in [0.29, 0.717) is 27.3 Å². The number of hydrogen-bond acceptors (Lipinski definition) is 7. The number of nitrogens with one attached hydrogen (secondary N) is 1. The van der Waals surface area contributed by atoms with Crippen LogP contribution in [0.25, 0.3) is 10.4 Å². The predicted octanol–water partition coefficient (Wildman–Crippen LogP) is 5.71. The van der Waals surface area contributed by atoms with Crippen molar-refractivity contribution in [3.8, 4) is 22.3 Å². The number of thiophene rings is 2. The van der Waals surface area contributed by atoms with Gasteiger partial charge in [0, 0.05) is 56.8 Å². The number of Topliss-reactive ketones (excluding diaryl/α,β-unsaturated/α-hetero) is 1. The van der Waals surface area contributed by atoms with Crippen LogP contribution in [0, 0.1) is 17.2 Å². The molecule has 1 unspecified atom stereocenters. The summed E-state index contributed by atoms with van der Waals surface area (Å²) in [5.41, 5.74) is 2.59. The Morgan fingerprint density at radius 3 is 2.37 bits per heavy atom. The van der Waals surface area contributed by atoms with Gasteiger partial charge in [-0.2, -0.15) is 23.5 Å². The number of carbonyl (C=O) groups excluding carboxylic acids is 2. The molecule has 0 aliphatic heterocycles. The first-order chi connectivity index (χ1) is 16.1. The number of rotatable bonds is 7. The minimum atomic E-state index is -4.45. The fraction of sp³-hybridized carbons (Fsp3) is 0.217. The van der Waals surface area contributed by atoms with E-state index in [1.165, 1.54) is 24.3 Å². The zero-order valence-corrected chi connectivity index (χ0v) is 23.7. The number of hydrogen-bond donors (Lipinski definition) is 2. The maximum absolute atomic E-state index is 12.8. The van der Waals surface area contributed by atoms with Gasteiger partial charge in [-0.15, -0.1) is 22.7 Å². The molecule has 0 saturated heterocycles. The Labute approximate surface area is 249 Å². The van der Waals surface area contributed by atoms with E-state index in [-0.39, 0.29) is 73.5 Å². The van der Waals surface area contributed by atoms with E-state index in [4.69, 9.17) is 5.26 Å². The second kappa shape index (κ2) is 12.4. The molecule has 1 atom stereocenters. The summed E-state index contributed by atoms with van der Waals surface area (Å²) in [5.74, 6) is -1.83. The van der Waals surface area contributed by atoms with E-state index in [0.717, 1.165) is 34.8 Å². The summed E-state index contributed by atoms with van der Waals surface area (Å²) in [4.78, 5) is 25.6. The maximum atomic E-state index is 12.8. The van der Waals surface area contributed by atoms with E-state index < -0.39 is 23.6 Å². The van der Waals surface area contributed by atoms with Crippen LogP contribution in [0.3, 0.4) is 0 Å². The quantitative estimate of drug-likeness (QED) is 0.172. The van der Waals surface area contributed by atoms with Crippen molar-refractivity contribution in [1.82, 2.24) is 5.43 Å². The molecule has 1 amide bonds. The Morgan fingerprint density at radius 2 is 1.80 bits per heavy atom. The summed E-state index contributed by atoms with van der Waals surface area (Å²) in [7, 11) is 0. The number of halogens is 3. The van der Waals surface area contributed by atoms with Crippen LogP contribution in [0.15, 0.2) is 46.9 Å². The Morgan fingerprint density at radius 1 is 1.17 bits per heavy atom. The second-order valence-corrected chi connectivity index (χ2v) is 9.12. The van der Waals surface area contributed by atoms with Crippen molar-refractivity contribution in [3.05, 3.63) is 62.7 Å². The smallest absolute Gasteiger partial charge is 0.416 e. The summed E-state index contributed by atoms with van der Waals surface area (Å²) in [6.45, 7) is 3.29. The van der Waals surface area contributed by atoms with Gasteiger partial charge in [-0.25, -0.2) is 5.43 Å². The monoisotopic (exact) mass is 544 g/mol. The Hall–Kier alpha value is -1.85. The molecule has 0 fully saturated rings. The van der Waals surface area contributed by atoms with Crippen LogP contribution in [0.2, 0.25) is 0 Å². The molecular formula is C23H18F3KN3O3S2. The standard InChI is InChI=1S/C23H18F3N3O3S2.K/c1-3-13(10-27)19(30)17-8-9-18(34-17)22(32)29-28-12(2)16-11-33-21(20(16)31)14-4-6-15(7-5-14)23(24,25)26;/h4-9,11,13,31H,3H2,1-2H3,(H,29,32);. The van der Waals surface area contributed by atoms with Gasteiger partial charge in [0.15, 0.2) is 5.78 Å². The molecule has 0 saturated carbocycles. The first-order valence-electron chi connectivity index (χ1n) is 9.93. The topological polar surface area (TPSA) is 103 Å². The Balaban J connectivity index is 0.00000432. The van der Waals surface area contributed by atoms with E-state index in [9.17, 15) is 27.9 Å². The summed E-state index contributed by atoms with van der Waals surface area (Å²) >= 11 is 2.08. The third-order valence-electron chi connectivity index (χ3n) is 4.91. The van der Waals surface area contributed by atoms with Crippen LogP contribution in [0.1, 0.15) is 50.7 Å². The zero-order valence-electron chi connectivity index (χ0n) is 18.9. The number of alkyl halides is 3. The second-order valence-electron chi connectivity index (χ2n) is 7.16. The van der Waals surface area contributed by atoms with Crippen LogP contribution in [0.4, 0.5) is 13.2 Å². The Kier molecular flexibility index (Phi) is 10.4. The molecule has 177 valence electrons. The molecule has 2 heterocycles. The van der Waals surface area contributed by atoms with Gasteiger partial charge in [-0.05, 0) is 43.2 Å². The molecule has 2 aromatic heterocycles. The SMILES string of the molecule is CCC(C#N)C(=O)c1ccc(C(=O)NN=C(C)c2csc(-c3ccc(C(F)(F)F)cc3)c2O)s1.[K]. The summed E-state index contributed by atoms with van der Waals surface area (Å²) < 4.78 is 38.3. The summed E-state index contributed by atoms with van der Waals surface area (Å²) in [6.07, 6.45) is -4.08. The van der Waals surface area contributed by atoms with Gasteiger partial charge in [-0.1, -0.05) is 19.1 Å². The molecule has 1 radical (unpaired) electrons. The minimum absolute atomic E-state index is 0. The molecule has 35 heavy (non-hydrogen) atoms. The van der Waals surface area contributed by atoms with E-state index >= 15 is 0 Å². The molecule has 1 aromatic carbocycles. The van der Waals surface area contributed by atoms with Crippen LogP contribution in [-0.4, -0.2) is 73.9 Å². The number of carbonyl (C=O) groups is 2. The molecule has 0 aliphatic carbocycles. The van der Waals surface area contributed by atoms with Gasteiger partial charge in [-0.3, -0.25) is 9.59 Å². The molecule has 2 N–H and O–H groups in total. The molecule has 0 aliphatic rings. The van der Waals surface area contributed by atoms with Gasteiger partial charge >= 0.3 is 6.18 Å². The molecular weight excluding hydrogens is 526 g/mol. The molecule has 6 nitrogen and oxygen atoms in total. The number of nitrogens with zero attached hydrogens (tertiary/aromatic N) is 2. The number of aromatic hydroxyl groups is 1. The largest absolute Gasteiger partial charge is 0.506 e. The van der Waals surface area contributed by atoms with Crippen molar-refractivity contribution in [2.24, 2.45) is 11.0 Å². The van der Waals surface area contributed by atoms with Crippen molar-refractivity contribution in [2.75, 3.05) is 0 Å². The molecule has 0 bridgehead atoms. The van der Waals surface area contributed by atoms with Crippen LogP contribution in [0.5, 0.6) is 5.75 Å². The minimum Gasteiger partial charge on any atom is -0.506 e. The summed E-state index contributed by atoms with van der Waals surface area (Å²) in [6, 6.07) is 9.32. The van der Waals surface area contributed by atoms with Gasteiger partial charge in [0.05, 0.1) is 37.5 Å². The van der Waals surface area contributed by atoms with Gasteiger partial charge in [0.1, 0.15) is 11.7 Å². The molecule has 3 aromatic rings. The number of ketones is 1. The van der Waals surface area contributed by atoms with Crippen molar-refractivity contribution in [3.63, 3.8) is 0 Å². The zero-order chi connectivity index (χ0) is 25.0. The molecule has 12 heteroatoms. The average molecular weight is 545 g/mol. The fourth-order valence-corrected chi connectivity index (χ4v) is 4.88. The fourth-order valence-electron chi connectivity index (χ4n) is 2.97. The van der Waals surface area contributed by atoms with E-state index in [1.54, 1.807) is 19.2 Å². The number of amides is 1. The molecule has 0 spiro atoms. The number of hydrazone groups is 1. The van der Waals surface area contributed by atoms with Crippen molar-refractivity contribution in [1.29, 1.82) is 5.26 Å².